The Morgan fingerprint density at radius 2 is 1.86 bits per heavy atom. The van der Waals surface area contributed by atoms with Gasteiger partial charge in [0.15, 0.2) is 0 Å². The van der Waals surface area contributed by atoms with E-state index in [-0.39, 0.29) is 11.7 Å². The van der Waals surface area contributed by atoms with Crippen LogP contribution in [-0.4, -0.2) is 12.5 Å². The summed E-state index contributed by atoms with van der Waals surface area (Å²) in [6.45, 7) is 4.63. The van der Waals surface area contributed by atoms with E-state index in [1.807, 2.05) is 12.1 Å². The lowest BCUT2D eigenvalue weighted by atomic mass is 10.1. The van der Waals surface area contributed by atoms with E-state index < -0.39 is 0 Å². The number of rotatable bonds is 5. The highest BCUT2D eigenvalue weighted by Crippen LogP contribution is 2.19. The third kappa shape index (κ3) is 3.81. The van der Waals surface area contributed by atoms with E-state index in [4.69, 9.17) is 0 Å². The standard InChI is InChI=1S/C17H19FN2O/c1-3-11-19-14-9-7-13(8-10-14)17(21)20-16-6-4-5-15(18)12(16)2/h4-10,19H,3,11H2,1-2H3,(H,20,21). The molecule has 2 N–H and O–H groups in total. The molecule has 0 aromatic heterocycles. The summed E-state index contributed by atoms with van der Waals surface area (Å²) in [5, 5.41) is 5.98. The van der Waals surface area contributed by atoms with Crippen LogP contribution in [0.5, 0.6) is 0 Å². The van der Waals surface area contributed by atoms with Crippen LogP contribution in [0.25, 0.3) is 0 Å². The molecule has 0 spiro atoms. The third-order valence-corrected chi connectivity index (χ3v) is 3.24. The summed E-state index contributed by atoms with van der Waals surface area (Å²) in [6, 6.07) is 11.9. The lowest BCUT2D eigenvalue weighted by Gasteiger charge is -2.10. The second-order valence-electron chi connectivity index (χ2n) is 4.87. The minimum absolute atomic E-state index is 0.245. The molecule has 0 atom stereocenters. The Labute approximate surface area is 124 Å². The lowest BCUT2D eigenvalue weighted by Crippen LogP contribution is -2.13. The Morgan fingerprint density at radius 3 is 2.52 bits per heavy atom. The van der Waals surface area contributed by atoms with Gasteiger partial charge in [-0.3, -0.25) is 4.79 Å². The fourth-order valence-electron chi connectivity index (χ4n) is 1.95. The number of carbonyl (C=O) groups is 1. The number of nitrogens with one attached hydrogen (secondary N) is 2. The van der Waals surface area contributed by atoms with Gasteiger partial charge in [-0.15, -0.1) is 0 Å². The molecule has 0 saturated heterocycles. The van der Waals surface area contributed by atoms with Crippen molar-refractivity contribution >= 4 is 17.3 Å². The molecule has 0 fully saturated rings. The van der Waals surface area contributed by atoms with E-state index in [2.05, 4.69) is 17.6 Å². The molecule has 4 heteroatoms. The highest BCUT2D eigenvalue weighted by atomic mass is 19.1. The first-order chi connectivity index (χ1) is 10.1. The minimum atomic E-state index is -0.327. The van der Waals surface area contributed by atoms with Crippen molar-refractivity contribution in [1.82, 2.24) is 0 Å². The predicted molar refractivity (Wildman–Crippen MR) is 84.3 cm³/mol. The van der Waals surface area contributed by atoms with Crippen LogP contribution in [0.15, 0.2) is 42.5 Å². The minimum Gasteiger partial charge on any atom is -0.385 e. The molecule has 0 bridgehead atoms. The molecule has 0 aliphatic carbocycles. The van der Waals surface area contributed by atoms with Gasteiger partial charge >= 0.3 is 0 Å². The van der Waals surface area contributed by atoms with E-state index in [1.54, 1.807) is 31.2 Å². The van der Waals surface area contributed by atoms with Gasteiger partial charge < -0.3 is 10.6 Å². The van der Waals surface area contributed by atoms with Gasteiger partial charge in [0.2, 0.25) is 0 Å². The van der Waals surface area contributed by atoms with Crippen LogP contribution < -0.4 is 10.6 Å². The predicted octanol–water partition coefficient (Wildman–Crippen LogP) is 4.21. The second-order valence-corrected chi connectivity index (χ2v) is 4.87. The molecule has 1 amide bonds. The first kappa shape index (κ1) is 15.0. The Morgan fingerprint density at radius 1 is 1.14 bits per heavy atom. The summed E-state index contributed by atoms with van der Waals surface area (Å²) in [7, 11) is 0. The van der Waals surface area contributed by atoms with Crippen molar-refractivity contribution in [3.05, 3.63) is 59.4 Å². The Bertz CT molecular complexity index is 623. The molecule has 0 saturated carbocycles. The maximum atomic E-state index is 13.4. The van der Waals surface area contributed by atoms with E-state index in [0.717, 1.165) is 18.7 Å². The summed E-state index contributed by atoms with van der Waals surface area (Å²) in [6.07, 6.45) is 1.04. The maximum Gasteiger partial charge on any atom is 0.255 e. The zero-order valence-corrected chi connectivity index (χ0v) is 12.2. The molecule has 2 rings (SSSR count). The molecule has 0 unspecified atom stereocenters. The molecule has 0 aliphatic rings. The van der Waals surface area contributed by atoms with Crippen LogP contribution >= 0.6 is 0 Å². The van der Waals surface area contributed by atoms with Gasteiger partial charge in [-0.2, -0.15) is 0 Å². The molecule has 110 valence electrons. The average molecular weight is 286 g/mol. The summed E-state index contributed by atoms with van der Waals surface area (Å²) in [4.78, 5) is 12.1. The Balaban J connectivity index is 2.08. The topological polar surface area (TPSA) is 41.1 Å². The smallest absolute Gasteiger partial charge is 0.255 e. The molecule has 0 radical (unpaired) electrons. The highest BCUT2D eigenvalue weighted by Gasteiger charge is 2.09. The fraction of sp³-hybridized carbons (Fsp3) is 0.235. The first-order valence-corrected chi connectivity index (χ1v) is 7.02. The van der Waals surface area contributed by atoms with Gasteiger partial charge in [0.1, 0.15) is 5.82 Å². The van der Waals surface area contributed by atoms with Crippen LogP contribution in [0.4, 0.5) is 15.8 Å². The van der Waals surface area contributed by atoms with Crippen LogP contribution in [0, 0.1) is 12.7 Å². The van der Waals surface area contributed by atoms with E-state index in [9.17, 15) is 9.18 Å². The Kier molecular flexibility index (Phi) is 4.93. The third-order valence-electron chi connectivity index (χ3n) is 3.24. The largest absolute Gasteiger partial charge is 0.385 e. The monoisotopic (exact) mass is 286 g/mol. The fourth-order valence-corrected chi connectivity index (χ4v) is 1.95. The van der Waals surface area contributed by atoms with Gasteiger partial charge in [0, 0.05) is 29.0 Å². The van der Waals surface area contributed by atoms with Crippen LogP contribution in [-0.2, 0) is 0 Å². The summed E-state index contributed by atoms with van der Waals surface area (Å²) in [5.74, 6) is -0.572. The molecule has 0 heterocycles. The maximum absolute atomic E-state index is 13.4. The Hall–Kier alpha value is -2.36. The summed E-state index contributed by atoms with van der Waals surface area (Å²) < 4.78 is 13.4. The van der Waals surface area contributed by atoms with E-state index >= 15 is 0 Å². The van der Waals surface area contributed by atoms with Gasteiger partial charge in [-0.25, -0.2) is 4.39 Å². The molecule has 3 nitrogen and oxygen atoms in total. The van der Waals surface area contributed by atoms with Crippen molar-refractivity contribution in [2.75, 3.05) is 17.2 Å². The number of benzene rings is 2. The van der Waals surface area contributed by atoms with Gasteiger partial charge in [0.05, 0.1) is 0 Å². The average Bonchev–Trinajstić information content (AvgIpc) is 2.50. The van der Waals surface area contributed by atoms with E-state index in [0.29, 0.717) is 16.8 Å². The van der Waals surface area contributed by atoms with Crippen molar-refractivity contribution in [2.45, 2.75) is 20.3 Å². The van der Waals surface area contributed by atoms with Crippen molar-refractivity contribution in [2.24, 2.45) is 0 Å². The molecule has 21 heavy (non-hydrogen) atoms. The van der Waals surface area contributed by atoms with Crippen LogP contribution in [0.1, 0.15) is 29.3 Å². The van der Waals surface area contributed by atoms with Crippen molar-refractivity contribution in [3.63, 3.8) is 0 Å². The zero-order chi connectivity index (χ0) is 15.2. The van der Waals surface area contributed by atoms with Gasteiger partial charge in [0.25, 0.3) is 5.91 Å². The molecule has 0 aliphatic heterocycles. The second kappa shape index (κ2) is 6.88. The number of hydrogen-bond acceptors (Lipinski definition) is 2. The normalized spacial score (nSPS) is 10.2. The van der Waals surface area contributed by atoms with E-state index in [1.165, 1.54) is 6.07 Å². The summed E-state index contributed by atoms with van der Waals surface area (Å²) >= 11 is 0. The molecule has 2 aromatic carbocycles. The number of carbonyl (C=O) groups excluding carboxylic acids is 1. The number of amides is 1. The van der Waals surface area contributed by atoms with Crippen LogP contribution in [0.2, 0.25) is 0 Å². The zero-order valence-electron chi connectivity index (χ0n) is 12.2. The lowest BCUT2D eigenvalue weighted by molar-refractivity contribution is 0.102. The number of halogens is 1. The first-order valence-electron chi connectivity index (χ1n) is 7.02. The highest BCUT2D eigenvalue weighted by molar-refractivity contribution is 6.04. The van der Waals surface area contributed by atoms with Crippen LogP contribution in [0.3, 0.4) is 0 Å². The molecule has 2 aromatic rings. The SMILES string of the molecule is CCCNc1ccc(C(=O)Nc2cccc(F)c2C)cc1. The number of hydrogen-bond donors (Lipinski definition) is 2. The van der Waals surface area contributed by atoms with Crippen molar-refractivity contribution in [3.8, 4) is 0 Å². The van der Waals surface area contributed by atoms with Gasteiger partial charge in [-0.05, 0) is 49.7 Å². The van der Waals surface area contributed by atoms with Gasteiger partial charge in [-0.1, -0.05) is 13.0 Å². The number of anilines is 2. The molecular formula is C17H19FN2O. The quantitative estimate of drug-likeness (QED) is 0.864. The molecular weight excluding hydrogens is 267 g/mol. The summed E-state index contributed by atoms with van der Waals surface area (Å²) in [5.41, 5.74) is 2.45. The van der Waals surface area contributed by atoms with Crippen molar-refractivity contribution < 1.29 is 9.18 Å². The van der Waals surface area contributed by atoms with Crippen molar-refractivity contribution in [1.29, 1.82) is 0 Å².